The number of methoxy groups -OCH3 is 1. The van der Waals surface area contributed by atoms with Crippen LogP contribution in [0.4, 0.5) is 5.69 Å². The lowest BCUT2D eigenvalue weighted by Gasteiger charge is -2.12. The lowest BCUT2D eigenvalue weighted by Crippen LogP contribution is -2.25. The number of imidazole rings is 1. The van der Waals surface area contributed by atoms with E-state index in [0.29, 0.717) is 30.9 Å². The summed E-state index contributed by atoms with van der Waals surface area (Å²) in [6.07, 6.45) is 5.80. The molecule has 1 aromatic heterocycles. The summed E-state index contributed by atoms with van der Waals surface area (Å²) in [6, 6.07) is 4.31. The van der Waals surface area contributed by atoms with Crippen LogP contribution in [-0.2, 0) is 21.4 Å². The lowest BCUT2D eigenvalue weighted by molar-refractivity contribution is -0.114. The van der Waals surface area contributed by atoms with Crippen molar-refractivity contribution >= 4 is 21.6 Å². The number of nitrogens with one attached hydrogen (secondary N) is 2. The number of hydrogen-bond donors (Lipinski definition) is 2. The molecule has 0 aliphatic heterocycles. The number of benzene rings is 1. The number of aryl methyl sites for hydroxylation is 1. The minimum Gasteiger partial charge on any atom is -0.495 e. The summed E-state index contributed by atoms with van der Waals surface area (Å²) < 4.78 is 34.2. The van der Waals surface area contributed by atoms with Crippen LogP contribution in [0.25, 0.3) is 0 Å². The van der Waals surface area contributed by atoms with Crippen molar-refractivity contribution in [1.82, 2.24) is 14.3 Å². The Balaban J connectivity index is 2.03. The molecular weight excluding hydrogens is 332 g/mol. The number of carbonyl (C=O) groups is 1. The van der Waals surface area contributed by atoms with Crippen LogP contribution < -0.4 is 14.8 Å². The number of sulfonamides is 1. The van der Waals surface area contributed by atoms with Crippen LogP contribution in [-0.4, -0.2) is 37.5 Å². The molecule has 0 aliphatic rings. The number of aromatic nitrogens is 2. The molecule has 2 rings (SSSR count). The van der Waals surface area contributed by atoms with E-state index in [-0.39, 0.29) is 10.8 Å². The van der Waals surface area contributed by atoms with Crippen LogP contribution in [0.3, 0.4) is 0 Å². The molecule has 0 radical (unpaired) electrons. The van der Waals surface area contributed by atoms with Gasteiger partial charge in [-0.1, -0.05) is 0 Å². The van der Waals surface area contributed by atoms with Gasteiger partial charge in [0.15, 0.2) is 0 Å². The van der Waals surface area contributed by atoms with Gasteiger partial charge in [-0.05, 0) is 24.6 Å². The van der Waals surface area contributed by atoms with Gasteiger partial charge in [0.25, 0.3) is 0 Å². The second kappa shape index (κ2) is 7.93. The normalized spacial score (nSPS) is 11.2. The van der Waals surface area contributed by atoms with Crippen molar-refractivity contribution in [3.8, 4) is 5.75 Å². The van der Waals surface area contributed by atoms with Crippen LogP contribution in [0.1, 0.15) is 13.3 Å². The van der Waals surface area contributed by atoms with Crippen LogP contribution in [0, 0.1) is 0 Å². The maximum atomic E-state index is 12.3. The molecule has 1 aromatic carbocycles. The third kappa shape index (κ3) is 4.80. The molecule has 8 nitrogen and oxygen atoms in total. The number of nitrogens with zero attached hydrogens (tertiary/aromatic N) is 2. The Morgan fingerprint density at radius 1 is 1.38 bits per heavy atom. The molecule has 2 N–H and O–H groups in total. The summed E-state index contributed by atoms with van der Waals surface area (Å²) in [4.78, 5) is 15.2. The smallest absolute Gasteiger partial charge is 0.240 e. The van der Waals surface area contributed by atoms with Crippen molar-refractivity contribution in [2.75, 3.05) is 19.0 Å². The Morgan fingerprint density at radius 2 is 2.17 bits per heavy atom. The van der Waals surface area contributed by atoms with E-state index in [1.807, 2.05) is 10.8 Å². The Hall–Kier alpha value is -2.39. The Morgan fingerprint density at radius 3 is 2.79 bits per heavy atom. The third-order valence-electron chi connectivity index (χ3n) is 3.24. The first-order valence-electron chi connectivity index (χ1n) is 7.33. The fourth-order valence-corrected chi connectivity index (χ4v) is 3.21. The van der Waals surface area contributed by atoms with Crippen molar-refractivity contribution in [3.05, 3.63) is 36.9 Å². The van der Waals surface area contributed by atoms with Gasteiger partial charge in [-0.25, -0.2) is 18.1 Å². The Kier molecular flexibility index (Phi) is 5.93. The number of ether oxygens (including phenoxy) is 1. The molecule has 0 atom stereocenters. The first kappa shape index (κ1) is 18.0. The summed E-state index contributed by atoms with van der Waals surface area (Å²) in [5.41, 5.74) is 0.311. The number of hydrogen-bond acceptors (Lipinski definition) is 5. The van der Waals surface area contributed by atoms with Gasteiger partial charge < -0.3 is 14.6 Å². The molecule has 0 aliphatic carbocycles. The highest BCUT2D eigenvalue weighted by Crippen LogP contribution is 2.27. The SMILES string of the molecule is COc1ccc(S(=O)(=O)NCCCn2ccnc2)cc1NC(C)=O. The number of amides is 1. The molecule has 0 saturated carbocycles. The van der Waals surface area contributed by atoms with Crippen molar-refractivity contribution < 1.29 is 17.9 Å². The quantitative estimate of drug-likeness (QED) is 0.696. The second-order valence-corrected chi connectivity index (χ2v) is 6.86. The molecule has 24 heavy (non-hydrogen) atoms. The highest BCUT2D eigenvalue weighted by molar-refractivity contribution is 7.89. The van der Waals surface area contributed by atoms with E-state index in [4.69, 9.17) is 4.74 Å². The molecule has 9 heteroatoms. The largest absolute Gasteiger partial charge is 0.495 e. The van der Waals surface area contributed by atoms with Gasteiger partial charge >= 0.3 is 0 Å². The zero-order valence-electron chi connectivity index (χ0n) is 13.5. The van der Waals surface area contributed by atoms with E-state index in [0.717, 1.165) is 0 Å². The average Bonchev–Trinajstić information content (AvgIpc) is 3.04. The van der Waals surface area contributed by atoms with E-state index < -0.39 is 10.0 Å². The van der Waals surface area contributed by atoms with Gasteiger partial charge in [-0.2, -0.15) is 0 Å². The number of carbonyl (C=O) groups excluding carboxylic acids is 1. The average molecular weight is 352 g/mol. The summed E-state index contributed by atoms with van der Waals surface area (Å²) >= 11 is 0. The summed E-state index contributed by atoms with van der Waals surface area (Å²) in [5.74, 6) is 0.0837. The molecule has 130 valence electrons. The first-order chi connectivity index (χ1) is 11.4. The minimum absolute atomic E-state index is 0.0645. The molecule has 0 spiro atoms. The van der Waals surface area contributed by atoms with Crippen LogP contribution >= 0.6 is 0 Å². The van der Waals surface area contributed by atoms with Gasteiger partial charge in [0.1, 0.15) is 5.75 Å². The van der Waals surface area contributed by atoms with Gasteiger partial charge in [-0.3, -0.25) is 4.79 Å². The molecule has 0 unspecified atom stereocenters. The van der Waals surface area contributed by atoms with E-state index in [1.54, 1.807) is 12.5 Å². The standard InChI is InChI=1S/C15H20N4O4S/c1-12(20)18-14-10-13(4-5-15(14)23-2)24(21,22)17-6-3-8-19-9-7-16-11-19/h4-5,7,9-11,17H,3,6,8H2,1-2H3,(H,18,20). The van der Waals surface area contributed by atoms with E-state index >= 15 is 0 Å². The van der Waals surface area contributed by atoms with E-state index in [2.05, 4.69) is 15.0 Å². The highest BCUT2D eigenvalue weighted by atomic mass is 32.2. The van der Waals surface area contributed by atoms with Gasteiger partial charge in [0.05, 0.1) is 24.0 Å². The number of anilines is 1. The van der Waals surface area contributed by atoms with Crippen LogP contribution in [0.2, 0.25) is 0 Å². The maximum absolute atomic E-state index is 12.3. The van der Waals surface area contributed by atoms with E-state index in [9.17, 15) is 13.2 Å². The molecule has 1 heterocycles. The zero-order valence-corrected chi connectivity index (χ0v) is 14.3. The lowest BCUT2D eigenvalue weighted by atomic mass is 10.3. The van der Waals surface area contributed by atoms with Crippen LogP contribution in [0.15, 0.2) is 41.8 Å². The van der Waals surface area contributed by atoms with Gasteiger partial charge in [0.2, 0.25) is 15.9 Å². The zero-order chi connectivity index (χ0) is 17.6. The molecule has 2 aromatic rings. The Labute approximate surface area is 140 Å². The van der Waals surface area contributed by atoms with Crippen molar-refractivity contribution in [2.24, 2.45) is 0 Å². The topological polar surface area (TPSA) is 102 Å². The van der Waals surface area contributed by atoms with Crippen LogP contribution in [0.5, 0.6) is 5.75 Å². The molecule has 1 amide bonds. The highest BCUT2D eigenvalue weighted by Gasteiger charge is 2.16. The predicted molar refractivity (Wildman–Crippen MR) is 89.3 cm³/mol. The van der Waals surface area contributed by atoms with Crippen molar-refractivity contribution in [1.29, 1.82) is 0 Å². The minimum atomic E-state index is -3.67. The maximum Gasteiger partial charge on any atom is 0.240 e. The molecule has 0 bridgehead atoms. The molecular formula is C15H20N4O4S. The molecule has 0 fully saturated rings. The van der Waals surface area contributed by atoms with Gasteiger partial charge in [0, 0.05) is 32.4 Å². The second-order valence-electron chi connectivity index (χ2n) is 5.10. The summed E-state index contributed by atoms with van der Waals surface area (Å²) in [5, 5.41) is 2.56. The summed E-state index contributed by atoms with van der Waals surface area (Å²) in [7, 11) is -2.22. The third-order valence-corrected chi connectivity index (χ3v) is 4.70. The monoisotopic (exact) mass is 352 g/mol. The first-order valence-corrected chi connectivity index (χ1v) is 8.82. The fraction of sp³-hybridized carbons (Fsp3) is 0.333. The molecule has 0 saturated heterocycles. The predicted octanol–water partition coefficient (Wildman–Crippen LogP) is 1.22. The van der Waals surface area contributed by atoms with E-state index in [1.165, 1.54) is 32.2 Å². The Bertz CT molecular complexity index is 788. The van der Waals surface area contributed by atoms with Gasteiger partial charge in [-0.15, -0.1) is 0 Å². The summed E-state index contributed by atoms with van der Waals surface area (Å²) in [6.45, 7) is 2.30. The van der Waals surface area contributed by atoms with Crippen molar-refractivity contribution in [2.45, 2.75) is 24.8 Å². The van der Waals surface area contributed by atoms with Crippen molar-refractivity contribution in [3.63, 3.8) is 0 Å². The fourth-order valence-electron chi connectivity index (χ4n) is 2.11. The number of rotatable bonds is 8.